The fourth-order valence-corrected chi connectivity index (χ4v) is 2.11. The molecule has 0 aliphatic carbocycles. The normalized spacial score (nSPS) is 15.4. The average Bonchev–Trinajstić information content (AvgIpc) is 2.53. The number of rotatable bonds is 5. The number of urea groups is 1. The van der Waals surface area contributed by atoms with Gasteiger partial charge in [-0.2, -0.15) is 4.98 Å². The number of carbonyl (C=O) groups excluding carboxylic acids is 1. The van der Waals surface area contributed by atoms with Crippen LogP contribution in [0.25, 0.3) is 0 Å². The molecule has 0 atom stereocenters. The maximum atomic E-state index is 11.8. The third-order valence-corrected chi connectivity index (χ3v) is 3.20. The van der Waals surface area contributed by atoms with Crippen molar-refractivity contribution < 1.29 is 14.3 Å². The number of piperidine rings is 1. The minimum atomic E-state index is -0.0583. The molecule has 2 heterocycles. The van der Waals surface area contributed by atoms with Crippen LogP contribution in [-0.2, 0) is 0 Å². The summed E-state index contributed by atoms with van der Waals surface area (Å²) in [4.78, 5) is 21.6. The number of nitrogens with zero attached hydrogens (tertiary/aromatic N) is 3. The van der Waals surface area contributed by atoms with E-state index in [1.54, 1.807) is 23.2 Å². The Labute approximate surface area is 124 Å². The molecule has 114 valence electrons. The Bertz CT molecular complexity index is 487. The maximum absolute atomic E-state index is 11.8. The number of likely N-dealkylation sites (tertiary alicyclic amines) is 1. The Hall–Kier alpha value is -2.31. The zero-order valence-corrected chi connectivity index (χ0v) is 12.1. The molecular weight excluding hydrogens is 272 g/mol. The van der Waals surface area contributed by atoms with Gasteiger partial charge in [0.1, 0.15) is 6.10 Å². The van der Waals surface area contributed by atoms with Crippen LogP contribution < -0.4 is 14.8 Å². The molecule has 0 saturated carbocycles. The molecule has 1 saturated heterocycles. The minimum absolute atomic E-state index is 0.0491. The molecule has 2 rings (SSSR count). The lowest BCUT2D eigenvalue weighted by molar-refractivity contribution is 0.107. The summed E-state index contributed by atoms with van der Waals surface area (Å²) in [5, 5.41) is 2.77. The molecule has 7 heteroatoms. The molecule has 1 fully saturated rings. The largest absolute Gasteiger partial charge is 0.474 e. The first-order chi connectivity index (χ1) is 10.2. The van der Waals surface area contributed by atoms with Gasteiger partial charge in [-0.05, 0) is 0 Å². The second-order valence-corrected chi connectivity index (χ2v) is 4.66. The highest BCUT2D eigenvalue weighted by Crippen LogP contribution is 2.18. The van der Waals surface area contributed by atoms with Gasteiger partial charge in [0.15, 0.2) is 0 Å². The summed E-state index contributed by atoms with van der Waals surface area (Å²) >= 11 is 0. The molecule has 21 heavy (non-hydrogen) atoms. The van der Waals surface area contributed by atoms with E-state index in [2.05, 4.69) is 21.9 Å². The lowest BCUT2D eigenvalue weighted by Gasteiger charge is -2.31. The SMILES string of the molecule is C=CCNC(=O)N1CCC(Oc2ccnc(OC)n2)CC1. The summed E-state index contributed by atoms with van der Waals surface area (Å²) in [6.45, 7) is 5.38. The van der Waals surface area contributed by atoms with Gasteiger partial charge in [0.25, 0.3) is 0 Å². The van der Waals surface area contributed by atoms with Gasteiger partial charge < -0.3 is 19.7 Å². The van der Waals surface area contributed by atoms with Crippen molar-refractivity contribution in [2.75, 3.05) is 26.7 Å². The van der Waals surface area contributed by atoms with Crippen molar-refractivity contribution in [3.8, 4) is 11.9 Å². The van der Waals surface area contributed by atoms with Crippen molar-refractivity contribution in [3.05, 3.63) is 24.9 Å². The first-order valence-corrected chi connectivity index (χ1v) is 6.90. The first-order valence-electron chi connectivity index (χ1n) is 6.90. The highest BCUT2D eigenvalue weighted by atomic mass is 16.5. The van der Waals surface area contributed by atoms with Crippen molar-refractivity contribution in [2.24, 2.45) is 0 Å². The molecule has 0 bridgehead atoms. The van der Waals surface area contributed by atoms with Crippen LogP contribution in [0.2, 0.25) is 0 Å². The quantitative estimate of drug-likeness (QED) is 0.826. The molecule has 7 nitrogen and oxygen atoms in total. The van der Waals surface area contributed by atoms with Gasteiger partial charge in [0.05, 0.1) is 7.11 Å². The molecule has 0 unspecified atom stereocenters. The van der Waals surface area contributed by atoms with Crippen LogP contribution in [-0.4, -0.2) is 53.7 Å². The predicted molar refractivity (Wildman–Crippen MR) is 77.4 cm³/mol. The second kappa shape index (κ2) is 7.47. The lowest BCUT2D eigenvalue weighted by Crippen LogP contribution is -2.46. The van der Waals surface area contributed by atoms with Gasteiger partial charge in [0.2, 0.25) is 5.88 Å². The van der Waals surface area contributed by atoms with Crippen LogP contribution in [0.3, 0.4) is 0 Å². The first kappa shape index (κ1) is 15.1. The molecule has 2 amide bonds. The van der Waals surface area contributed by atoms with E-state index in [9.17, 15) is 4.79 Å². The molecule has 0 spiro atoms. The number of hydrogen-bond donors (Lipinski definition) is 1. The maximum Gasteiger partial charge on any atom is 0.319 e. The third kappa shape index (κ3) is 4.34. The molecule has 1 N–H and O–H groups in total. The van der Waals surface area contributed by atoms with Crippen LogP contribution in [0.15, 0.2) is 24.9 Å². The van der Waals surface area contributed by atoms with Gasteiger partial charge in [-0.1, -0.05) is 6.08 Å². The molecular formula is C14H20N4O3. The van der Waals surface area contributed by atoms with Crippen molar-refractivity contribution in [1.29, 1.82) is 0 Å². The number of amides is 2. The van der Waals surface area contributed by atoms with E-state index in [0.29, 0.717) is 25.5 Å². The number of hydrogen-bond acceptors (Lipinski definition) is 5. The van der Waals surface area contributed by atoms with Crippen LogP contribution >= 0.6 is 0 Å². The summed E-state index contributed by atoms with van der Waals surface area (Å²) in [7, 11) is 1.51. The van der Waals surface area contributed by atoms with Gasteiger partial charge in [-0.3, -0.25) is 0 Å². The Morgan fingerprint density at radius 1 is 1.57 bits per heavy atom. The van der Waals surface area contributed by atoms with Crippen molar-refractivity contribution in [2.45, 2.75) is 18.9 Å². The summed E-state index contributed by atoms with van der Waals surface area (Å²) < 4.78 is 10.8. The predicted octanol–water partition coefficient (Wildman–Crippen LogP) is 1.22. The molecule has 0 radical (unpaired) electrons. The van der Waals surface area contributed by atoms with Gasteiger partial charge in [-0.25, -0.2) is 9.78 Å². The van der Waals surface area contributed by atoms with E-state index in [1.807, 2.05) is 0 Å². The summed E-state index contributed by atoms with van der Waals surface area (Å²) in [6.07, 6.45) is 4.85. The molecule has 1 aliphatic rings. The van der Waals surface area contributed by atoms with Gasteiger partial charge in [-0.15, -0.1) is 6.58 Å². The number of methoxy groups -OCH3 is 1. The number of aromatic nitrogens is 2. The third-order valence-electron chi connectivity index (χ3n) is 3.20. The minimum Gasteiger partial charge on any atom is -0.474 e. The fourth-order valence-electron chi connectivity index (χ4n) is 2.11. The van der Waals surface area contributed by atoms with Crippen LogP contribution in [0.1, 0.15) is 12.8 Å². The highest BCUT2D eigenvalue weighted by molar-refractivity contribution is 5.74. The topological polar surface area (TPSA) is 76.6 Å². The van der Waals surface area contributed by atoms with E-state index in [4.69, 9.17) is 9.47 Å². The lowest BCUT2D eigenvalue weighted by atomic mass is 10.1. The average molecular weight is 292 g/mol. The molecule has 1 aliphatic heterocycles. The van der Waals surface area contributed by atoms with Crippen LogP contribution in [0, 0.1) is 0 Å². The van der Waals surface area contributed by atoms with E-state index in [0.717, 1.165) is 12.8 Å². The highest BCUT2D eigenvalue weighted by Gasteiger charge is 2.23. The molecule has 1 aromatic rings. The van der Waals surface area contributed by atoms with Gasteiger partial charge >= 0.3 is 12.0 Å². The Morgan fingerprint density at radius 3 is 3.00 bits per heavy atom. The van der Waals surface area contributed by atoms with E-state index in [-0.39, 0.29) is 18.1 Å². The monoisotopic (exact) mass is 292 g/mol. The second-order valence-electron chi connectivity index (χ2n) is 4.66. The number of ether oxygens (including phenoxy) is 2. The van der Waals surface area contributed by atoms with Crippen molar-refractivity contribution >= 4 is 6.03 Å². The summed E-state index contributed by atoms with van der Waals surface area (Å²) in [5.41, 5.74) is 0. The number of carbonyl (C=O) groups is 1. The Balaban J connectivity index is 1.81. The van der Waals surface area contributed by atoms with Crippen molar-refractivity contribution in [1.82, 2.24) is 20.2 Å². The number of nitrogens with one attached hydrogen (secondary N) is 1. The van der Waals surface area contributed by atoms with E-state index < -0.39 is 0 Å². The zero-order chi connectivity index (χ0) is 15.1. The van der Waals surface area contributed by atoms with Gasteiger partial charge in [0, 0.05) is 44.7 Å². The van der Waals surface area contributed by atoms with E-state index in [1.165, 1.54) is 7.11 Å². The van der Waals surface area contributed by atoms with Crippen molar-refractivity contribution in [3.63, 3.8) is 0 Å². The smallest absolute Gasteiger partial charge is 0.319 e. The fraction of sp³-hybridized carbons (Fsp3) is 0.500. The van der Waals surface area contributed by atoms with Crippen LogP contribution in [0.4, 0.5) is 4.79 Å². The summed E-state index contributed by atoms with van der Waals surface area (Å²) in [6, 6.07) is 1.93. The van der Waals surface area contributed by atoms with Crippen LogP contribution in [0.5, 0.6) is 11.9 Å². The molecule has 1 aromatic heterocycles. The summed E-state index contributed by atoms with van der Waals surface area (Å²) in [5.74, 6) is 0.497. The Morgan fingerprint density at radius 2 is 2.33 bits per heavy atom. The molecule has 0 aromatic carbocycles. The van der Waals surface area contributed by atoms with E-state index >= 15 is 0 Å². The zero-order valence-electron chi connectivity index (χ0n) is 12.1. The standard InChI is InChI=1S/C14H20N4O3/c1-3-7-16-14(19)18-9-5-11(6-10-18)21-12-4-8-15-13(17-12)20-2/h3-4,8,11H,1,5-7,9-10H2,2H3,(H,16,19). The Kier molecular flexibility index (Phi) is 5.36.